The fourth-order valence-electron chi connectivity index (χ4n) is 5.45. The zero-order valence-corrected chi connectivity index (χ0v) is 19.1. The average molecular weight is 490 g/mol. The Bertz CT molecular complexity index is 1430. The molecule has 0 bridgehead atoms. The first-order valence-corrected chi connectivity index (χ1v) is 11.4. The van der Waals surface area contributed by atoms with E-state index in [4.69, 9.17) is 16.3 Å². The number of amides is 2. The van der Waals surface area contributed by atoms with Crippen molar-refractivity contribution in [3.05, 3.63) is 99.8 Å². The minimum Gasteiger partial charge on any atom is -0.349 e. The predicted molar refractivity (Wildman–Crippen MR) is 124 cm³/mol. The quantitative estimate of drug-likeness (QED) is 0.391. The monoisotopic (exact) mass is 489 g/mol. The smallest absolute Gasteiger partial charge is 0.241 e. The summed E-state index contributed by atoms with van der Waals surface area (Å²) in [6.07, 6.45) is -1.11. The second kappa shape index (κ2) is 7.41. The highest BCUT2D eigenvalue weighted by molar-refractivity contribution is 6.37. The van der Waals surface area contributed by atoms with Crippen LogP contribution in [0.15, 0.2) is 66.7 Å². The number of fused-ring (bicyclic) bond motifs is 3. The summed E-state index contributed by atoms with van der Waals surface area (Å²) in [4.78, 5) is 56.0. The molecule has 0 saturated carbocycles. The van der Waals surface area contributed by atoms with E-state index in [1.165, 1.54) is 42.5 Å². The molecule has 1 spiro atoms. The Balaban J connectivity index is 1.54. The van der Waals surface area contributed by atoms with Crippen molar-refractivity contribution in [1.29, 1.82) is 0 Å². The molecular formula is C27H17ClFNO5. The highest BCUT2D eigenvalue weighted by Gasteiger charge is 2.74. The minimum absolute atomic E-state index is 0.146. The standard InChI is InChI=1S/C27H17ClFNO5/c1-13-6-11-16(12-19(13)28)30-25(33)20-21(26(30)34)27(35-22(20)14-7-9-15(29)10-8-14)23(31)17-4-2-3-5-18(17)24(27)32/h2-12,20-22H,1H3/t20-,21-,22-/m0/s1. The molecule has 2 saturated heterocycles. The van der Waals surface area contributed by atoms with Gasteiger partial charge in [-0.3, -0.25) is 19.2 Å². The van der Waals surface area contributed by atoms with E-state index in [0.717, 1.165) is 10.5 Å². The highest BCUT2D eigenvalue weighted by atomic mass is 35.5. The van der Waals surface area contributed by atoms with Crippen LogP contribution in [0.5, 0.6) is 0 Å². The van der Waals surface area contributed by atoms with E-state index in [1.807, 2.05) is 0 Å². The number of nitrogens with zero attached hydrogens (tertiary/aromatic N) is 1. The molecule has 0 aromatic heterocycles. The molecule has 0 unspecified atom stereocenters. The highest BCUT2D eigenvalue weighted by Crippen LogP contribution is 2.57. The van der Waals surface area contributed by atoms with Gasteiger partial charge in [0.25, 0.3) is 0 Å². The second-order valence-electron chi connectivity index (χ2n) is 8.98. The van der Waals surface area contributed by atoms with Crippen LogP contribution in [0, 0.1) is 24.6 Å². The maximum absolute atomic E-state index is 13.8. The third-order valence-corrected chi connectivity index (χ3v) is 7.54. The fraction of sp³-hybridized carbons (Fsp3) is 0.185. The predicted octanol–water partition coefficient (Wildman–Crippen LogP) is 4.48. The number of halogens is 2. The summed E-state index contributed by atoms with van der Waals surface area (Å²) in [6.45, 7) is 1.79. The van der Waals surface area contributed by atoms with Crippen molar-refractivity contribution in [2.24, 2.45) is 11.8 Å². The Kier molecular flexibility index (Phi) is 4.62. The molecule has 2 fully saturated rings. The van der Waals surface area contributed by atoms with Crippen LogP contribution in [-0.4, -0.2) is 29.0 Å². The summed E-state index contributed by atoms with van der Waals surface area (Å²) in [5, 5.41) is 0.363. The zero-order chi connectivity index (χ0) is 24.6. The molecule has 2 amide bonds. The van der Waals surface area contributed by atoms with Crippen molar-refractivity contribution in [1.82, 2.24) is 0 Å². The molecule has 1 aliphatic carbocycles. The average Bonchev–Trinajstić information content (AvgIpc) is 3.41. The van der Waals surface area contributed by atoms with E-state index in [-0.39, 0.29) is 16.8 Å². The van der Waals surface area contributed by atoms with E-state index in [9.17, 15) is 23.6 Å². The van der Waals surface area contributed by atoms with E-state index in [1.54, 1.807) is 31.2 Å². The number of carbonyl (C=O) groups is 4. The molecular weight excluding hydrogens is 473 g/mol. The van der Waals surface area contributed by atoms with Crippen molar-refractivity contribution in [2.45, 2.75) is 18.6 Å². The van der Waals surface area contributed by atoms with Crippen LogP contribution in [0.3, 0.4) is 0 Å². The number of hydrogen-bond donors (Lipinski definition) is 0. The van der Waals surface area contributed by atoms with Crippen LogP contribution in [0.4, 0.5) is 10.1 Å². The molecule has 6 rings (SSSR count). The molecule has 8 heteroatoms. The number of carbonyl (C=O) groups excluding carboxylic acids is 4. The number of hydrogen-bond acceptors (Lipinski definition) is 5. The van der Waals surface area contributed by atoms with Crippen LogP contribution in [0.2, 0.25) is 5.02 Å². The van der Waals surface area contributed by atoms with Crippen LogP contribution >= 0.6 is 11.6 Å². The number of rotatable bonds is 2. The molecule has 3 aromatic carbocycles. The van der Waals surface area contributed by atoms with E-state index >= 15 is 0 Å². The number of benzene rings is 3. The van der Waals surface area contributed by atoms with Crippen molar-refractivity contribution >= 4 is 40.7 Å². The largest absolute Gasteiger partial charge is 0.349 e. The number of aryl methyl sites for hydroxylation is 1. The Labute approximate surface area is 204 Å². The number of anilines is 1. The number of imide groups is 1. The lowest BCUT2D eigenvalue weighted by molar-refractivity contribution is -0.127. The summed E-state index contributed by atoms with van der Waals surface area (Å²) >= 11 is 6.26. The third kappa shape index (κ3) is 2.79. The van der Waals surface area contributed by atoms with E-state index in [2.05, 4.69) is 0 Å². The summed E-state index contributed by atoms with van der Waals surface area (Å²) in [5.74, 6) is -5.65. The summed E-state index contributed by atoms with van der Waals surface area (Å²) in [7, 11) is 0. The fourth-order valence-corrected chi connectivity index (χ4v) is 5.62. The number of ether oxygens (including phenoxy) is 1. The van der Waals surface area contributed by atoms with Crippen LogP contribution in [0.1, 0.15) is 37.9 Å². The van der Waals surface area contributed by atoms with Gasteiger partial charge in [0.2, 0.25) is 29.0 Å². The van der Waals surface area contributed by atoms with Gasteiger partial charge >= 0.3 is 0 Å². The first kappa shape index (κ1) is 21.8. The Morgan fingerprint density at radius 3 is 2.11 bits per heavy atom. The number of Topliss-reactive ketones (excluding diaryl/α,β-unsaturated/α-hetero) is 2. The topological polar surface area (TPSA) is 80.8 Å². The third-order valence-electron chi connectivity index (χ3n) is 7.13. The lowest BCUT2D eigenvalue weighted by atomic mass is 9.77. The normalized spacial score (nSPS) is 24.4. The Hall–Kier alpha value is -3.68. The zero-order valence-electron chi connectivity index (χ0n) is 18.3. The van der Waals surface area contributed by atoms with Gasteiger partial charge in [0.1, 0.15) is 5.82 Å². The maximum atomic E-state index is 13.8. The van der Waals surface area contributed by atoms with Crippen molar-refractivity contribution < 1.29 is 28.3 Å². The van der Waals surface area contributed by atoms with E-state index in [0.29, 0.717) is 10.6 Å². The van der Waals surface area contributed by atoms with Crippen LogP contribution in [0.25, 0.3) is 0 Å². The van der Waals surface area contributed by atoms with Crippen LogP contribution < -0.4 is 4.90 Å². The first-order valence-electron chi connectivity index (χ1n) is 11.0. The molecule has 0 N–H and O–H groups in total. The van der Waals surface area contributed by atoms with Gasteiger partial charge in [-0.25, -0.2) is 9.29 Å². The SMILES string of the molecule is Cc1ccc(N2C(=O)[C@H]3[C@@H](C2=O)C2(O[C@H]3c3ccc(F)cc3)C(=O)c3ccccc3C2=O)cc1Cl. The van der Waals surface area contributed by atoms with Crippen LogP contribution in [-0.2, 0) is 14.3 Å². The molecule has 174 valence electrons. The summed E-state index contributed by atoms with van der Waals surface area (Å²) in [5.41, 5.74) is -0.492. The second-order valence-corrected chi connectivity index (χ2v) is 9.39. The Morgan fingerprint density at radius 2 is 1.51 bits per heavy atom. The molecule has 6 nitrogen and oxygen atoms in total. The van der Waals surface area contributed by atoms with Gasteiger partial charge < -0.3 is 4.74 Å². The molecule has 3 aromatic rings. The summed E-state index contributed by atoms with van der Waals surface area (Å²) in [6, 6.07) is 16.3. The van der Waals surface area contributed by atoms with E-state index < -0.39 is 52.7 Å². The minimum atomic E-state index is -2.18. The van der Waals surface area contributed by atoms with Gasteiger partial charge in [-0.05, 0) is 42.3 Å². The summed E-state index contributed by atoms with van der Waals surface area (Å²) < 4.78 is 19.8. The maximum Gasteiger partial charge on any atom is 0.241 e. The van der Waals surface area contributed by atoms with Gasteiger partial charge in [-0.1, -0.05) is 54.1 Å². The van der Waals surface area contributed by atoms with Gasteiger partial charge in [-0.15, -0.1) is 0 Å². The van der Waals surface area contributed by atoms with Crippen molar-refractivity contribution in [3.8, 4) is 0 Å². The van der Waals surface area contributed by atoms with Crippen molar-refractivity contribution in [2.75, 3.05) is 4.90 Å². The molecule has 35 heavy (non-hydrogen) atoms. The lowest BCUT2D eigenvalue weighted by Crippen LogP contribution is -2.51. The molecule has 3 atom stereocenters. The van der Waals surface area contributed by atoms with Crippen molar-refractivity contribution in [3.63, 3.8) is 0 Å². The van der Waals surface area contributed by atoms with Gasteiger partial charge in [0, 0.05) is 16.1 Å². The lowest BCUT2D eigenvalue weighted by Gasteiger charge is -2.27. The van der Waals surface area contributed by atoms with Gasteiger partial charge in [0.15, 0.2) is 0 Å². The molecule has 3 aliphatic rings. The molecule has 0 radical (unpaired) electrons. The molecule has 2 aliphatic heterocycles. The first-order chi connectivity index (χ1) is 16.8. The Morgan fingerprint density at radius 1 is 0.886 bits per heavy atom. The van der Waals surface area contributed by atoms with Gasteiger partial charge in [-0.2, -0.15) is 0 Å². The number of ketones is 2. The molecule has 2 heterocycles. The van der Waals surface area contributed by atoms with Gasteiger partial charge in [0.05, 0.1) is 23.6 Å².